The summed E-state index contributed by atoms with van der Waals surface area (Å²) in [6.45, 7) is 4.88. The van der Waals surface area contributed by atoms with Crippen LogP contribution in [0.15, 0.2) is 24.5 Å². The van der Waals surface area contributed by atoms with Gasteiger partial charge < -0.3 is 4.90 Å². The first-order valence-corrected chi connectivity index (χ1v) is 7.21. The summed E-state index contributed by atoms with van der Waals surface area (Å²) in [6.07, 6.45) is 1.83. The van der Waals surface area contributed by atoms with Crippen LogP contribution in [0.4, 0.5) is 14.5 Å². The van der Waals surface area contributed by atoms with Crippen LogP contribution in [0.2, 0.25) is 0 Å². The van der Waals surface area contributed by atoms with Gasteiger partial charge in [0.2, 0.25) is 0 Å². The van der Waals surface area contributed by atoms with Gasteiger partial charge in [-0.2, -0.15) is 5.10 Å². The smallest absolute Gasteiger partial charge is 0.264 e. The van der Waals surface area contributed by atoms with E-state index in [0.717, 1.165) is 29.8 Å². The molecule has 0 N–H and O–H groups in total. The molecule has 0 saturated carbocycles. The first-order chi connectivity index (χ1) is 10.1. The molecule has 21 heavy (non-hydrogen) atoms. The zero-order valence-corrected chi connectivity index (χ0v) is 12.9. The van der Waals surface area contributed by atoms with Crippen LogP contribution in [-0.2, 0) is 13.5 Å². The summed E-state index contributed by atoms with van der Waals surface area (Å²) in [5.74, 6) is 0. The van der Waals surface area contributed by atoms with E-state index < -0.39 is 6.43 Å². The van der Waals surface area contributed by atoms with E-state index in [1.165, 1.54) is 0 Å². The third-order valence-corrected chi connectivity index (χ3v) is 3.63. The number of aryl methyl sites for hydroxylation is 1. The summed E-state index contributed by atoms with van der Waals surface area (Å²) >= 11 is 0. The van der Waals surface area contributed by atoms with E-state index >= 15 is 0 Å². The number of benzene rings is 1. The number of hydrogen-bond donors (Lipinski definition) is 0. The molecule has 0 atom stereocenters. The van der Waals surface area contributed by atoms with Crippen molar-refractivity contribution in [2.45, 2.75) is 26.7 Å². The Morgan fingerprint density at radius 2 is 1.90 bits per heavy atom. The lowest BCUT2D eigenvalue weighted by molar-refractivity contribution is 0.152. The van der Waals surface area contributed by atoms with Crippen LogP contribution >= 0.6 is 0 Å². The molecule has 0 bridgehead atoms. The number of alkyl halides is 2. The minimum Gasteiger partial charge on any atom is -0.374 e. The van der Waals surface area contributed by atoms with Gasteiger partial charge in [-0.05, 0) is 29.7 Å². The first-order valence-electron chi connectivity index (χ1n) is 7.21. The maximum absolute atomic E-state index is 13.3. The van der Waals surface area contributed by atoms with Gasteiger partial charge in [0.15, 0.2) is 0 Å². The van der Waals surface area contributed by atoms with Gasteiger partial charge in [0, 0.05) is 43.7 Å². The number of rotatable bonds is 2. The summed E-state index contributed by atoms with van der Waals surface area (Å²) in [5, 5.41) is 4.06. The second kappa shape index (κ2) is 6.24. The number of aromatic nitrogens is 2. The summed E-state index contributed by atoms with van der Waals surface area (Å²) in [7, 11) is 3.72. The average molecular weight is 293 g/mol. The molecule has 2 aromatic rings. The van der Waals surface area contributed by atoms with E-state index in [4.69, 9.17) is 0 Å². The van der Waals surface area contributed by atoms with Crippen molar-refractivity contribution in [3.8, 4) is 11.1 Å². The maximum atomic E-state index is 13.3. The summed E-state index contributed by atoms with van der Waals surface area (Å²) in [5.41, 5.74) is 3.47. The fourth-order valence-electron chi connectivity index (χ4n) is 2.60. The van der Waals surface area contributed by atoms with Gasteiger partial charge in [-0.3, -0.25) is 4.68 Å². The quantitative estimate of drug-likeness (QED) is 0.833. The van der Waals surface area contributed by atoms with Crippen molar-refractivity contribution in [2.75, 3.05) is 18.5 Å². The molecule has 3 rings (SSSR count). The number of hydrogen-bond acceptors (Lipinski definition) is 2. The molecule has 0 radical (unpaired) electrons. The Bertz CT molecular complexity index is 620. The third-order valence-electron chi connectivity index (χ3n) is 3.63. The fraction of sp³-hybridized carbons (Fsp3) is 0.438. The van der Waals surface area contributed by atoms with Crippen molar-refractivity contribution >= 4 is 5.69 Å². The molecule has 0 aliphatic carbocycles. The van der Waals surface area contributed by atoms with Crippen LogP contribution in [0.3, 0.4) is 0 Å². The second-order valence-corrected chi connectivity index (χ2v) is 4.94. The van der Waals surface area contributed by atoms with E-state index in [1.54, 1.807) is 30.2 Å². The fourth-order valence-corrected chi connectivity index (χ4v) is 2.60. The van der Waals surface area contributed by atoms with Crippen LogP contribution in [0.1, 0.15) is 31.4 Å². The largest absolute Gasteiger partial charge is 0.374 e. The average Bonchev–Trinajstić information content (AvgIpc) is 3.06. The Morgan fingerprint density at radius 1 is 1.19 bits per heavy atom. The van der Waals surface area contributed by atoms with Gasteiger partial charge in [0.05, 0.1) is 6.20 Å². The highest BCUT2D eigenvalue weighted by atomic mass is 19.3. The lowest BCUT2D eigenvalue weighted by atomic mass is 9.98. The van der Waals surface area contributed by atoms with Crippen molar-refractivity contribution in [1.82, 2.24) is 9.78 Å². The van der Waals surface area contributed by atoms with Crippen molar-refractivity contribution in [1.29, 1.82) is 0 Å². The predicted molar refractivity (Wildman–Crippen MR) is 81.9 cm³/mol. The van der Waals surface area contributed by atoms with Crippen LogP contribution in [0.5, 0.6) is 0 Å². The van der Waals surface area contributed by atoms with E-state index in [0.29, 0.717) is 5.56 Å². The Labute approximate surface area is 124 Å². The van der Waals surface area contributed by atoms with Gasteiger partial charge in [-0.1, -0.05) is 13.8 Å². The Morgan fingerprint density at radius 3 is 2.48 bits per heavy atom. The number of anilines is 1. The highest BCUT2D eigenvalue weighted by Gasteiger charge is 2.23. The van der Waals surface area contributed by atoms with Crippen LogP contribution < -0.4 is 4.90 Å². The summed E-state index contributed by atoms with van der Waals surface area (Å²) in [4.78, 5) is 2.02. The van der Waals surface area contributed by atoms with Crippen molar-refractivity contribution in [3.05, 3.63) is 35.7 Å². The zero-order valence-electron chi connectivity index (χ0n) is 12.9. The molecular formula is C16H21F2N3. The minimum atomic E-state index is -2.48. The number of halogens is 2. The highest BCUT2D eigenvalue weighted by molar-refractivity contribution is 5.73. The Kier molecular flexibility index (Phi) is 4.60. The van der Waals surface area contributed by atoms with Crippen LogP contribution in [0.25, 0.3) is 11.1 Å². The van der Waals surface area contributed by atoms with Crippen molar-refractivity contribution in [3.63, 3.8) is 0 Å². The minimum absolute atomic E-state index is 0.0838. The number of fused-ring (bicyclic) bond motifs is 1. The van der Waals surface area contributed by atoms with Crippen LogP contribution in [-0.4, -0.2) is 23.4 Å². The molecule has 114 valence electrons. The van der Waals surface area contributed by atoms with Gasteiger partial charge in [0.25, 0.3) is 6.43 Å². The molecule has 0 amide bonds. The van der Waals surface area contributed by atoms with Gasteiger partial charge in [-0.15, -0.1) is 0 Å². The molecule has 1 aliphatic heterocycles. The molecule has 5 heteroatoms. The molecule has 2 heterocycles. The van der Waals surface area contributed by atoms with Crippen molar-refractivity contribution < 1.29 is 8.78 Å². The molecule has 0 fully saturated rings. The highest BCUT2D eigenvalue weighted by Crippen LogP contribution is 2.38. The monoisotopic (exact) mass is 293 g/mol. The first kappa shape index (κ1) is 15.5. The van der Waals surface area contributed by atoms with Crippen molar-refractivity contribution in [2.24, 2.45) is 7.05 Å². The molecule has 3 nitrogen and oxygen atoms in total. The molecular weight excluding hydrogens is 272 g/mol. The topological polar surface area (TPSA) is 21.1 Å². The number of likely N-dealkylation sites (N-methyl/N-ethyl adjacent to an activating group) is 1. The van der Waals surface area contributed by atoms with Crippen LogP contribution in [0, 0.1) is 0 Å². The lowest BCUT2D eigenvalue weighted by Gasteiger charge is -2.15. The van der Waals surface area contributed by atoms with Gasteiger partial charge >= 0.3 is 0 Å². The molecule has 1 aromatic heterocycles. The standard InChI is InChI=1S/C14H15F2N3.C2H6/c1-18-4-3-9-5-11(10-7-17-19(2)8-10)12(14(15)16)6-13(9)18;1-2/h5-8,14H,3-4H2,1-2H3;1-2H3. The summed E-state index contributed by atoms with van der Waals surface area (Å²) < 4.78 is 28.2. The Balaban J connectivity index is 0.000000774. The molecule has 1 aliphatic rings. The molecule has 0 saturated heterocycles. The molecule has 1 aromatic carbocycles. The van der Waals surface area contributed by atoms with E-state index in [1.807, 2.05) is 31.9 Å². The molecule has 0 spiro atoms. The maximum Gasteiger partial charge on any atom is 0.264 e. The SMILES string of the molecule is CC.CN1CCc2cc(-c3cnn(C)c3)c(C(F)F)cc21. The molecule has 0 unspecified atom stereocenters. The van der Waals surface area contributed by atoms with Gasteiger partial charge in [-0.25, -0.2) is 8.78 Å². The van der Waals surface area contributed by atoms with Gasteiger partial charge in [0.1, 0.15) is 0 Å². The second-order valence-electron chi connectivity index (χ2n) is 4.94. The van der Waals surface area contributed by atoms with E-state index in [9.17, 15) is 8.78 Å². The normalized spacial score (nSPS) is 13.2. The predicted octanol–water partition coefficient (Wildman–Crippen LogP) is 4.04. The zero-order chi connectivity index (χ0) is 15.6. The number of nitrogens with zero attached hydrogens (tertiary/aromatic N) is 3. The summed E-state index contributed by atoms with van der Waals surface area (Å²) in [6, 6.07) is 3.51. The lowest BCUT2D eigenvalue weighted by Crippen LogP contribution is -2.12. The third kappa shape index (κ3) is 2.91. The Hall–Kier alpha value is -1.91. The van der Waals surface area contributed by atoms with E-state index in [-0.39, 0.29) is 5.56 Å². The van der Waals surface area contributed by atoms with E-state index in [2.05, 4.69) is 5.10 Å².